The first kappa shape index (κ1) is 32.8. The number of aliphatic carboxylic acids is 2. The number of carboxylic acids is 2. The smallest absolute Gasteiger partial charge is 0.326 e. The lowest BCUT2D eigenvalue weighted by molar-refractivity contribution is -0.148. The maximum atomic E-state index is 13.6. The van der Waals surface area contributed by atoms with Gasteiger partial charge in [0.05, 0.1) is 18.2 Å². The third-order valence-corrected chi connectivity index (χ3v) is 6.33. The molecule has 1 saturated heterocycles. The minimum Gasteiger partial charge on any atom is -0.481 e. The number of nitrogens with zero attached hydrogens (tertiary/aromatic N) is 1. The van der Waals surface area contributed by atoms with E-state index in [9.17, 15) is 33.9 Å². The second-order valence-corrected chi connectivity index (χ2v) is 9.91. The average molecular weight is 544 g/mol. The molecule has 8 N–H and O–H groups in total. The second kappa shape index (κ2) is 15.9. The van der Waals surface area contributed by atoms with Crippen LogP contribution in [0, 0.1) is 5.92 Å². The van der Waals surface area contributed by atoms with Gasteiger partial charge in [-0.2, -0.15) is 0 Å². The first-order chi connectivity index (χ1) is 17.8. The summed E-state index contributed by atoms with van der Waals surface area (Å²) in [5.74, 6) is -4.93. The third kappa shape index (κ3) is 11.0. The lowest BCUT2D eigenvalue weighted by Gasteiger charge is -2.42. The van der Waals surface area contributed by atoms with Crippen molar-refractivity contribution in [3.8, 4) is 0 Å². The molecule has 1 rings (SSSR count). The minimum atomic E-state index is -1.35. The quantitative estimate of drug-likeness (QED) is 0.138. The monoisotopic (exact) mass is 543 g/mol. The zero-order valence-electron chi connectivity index (χ0n) is 22.2. The van der Waals surface area contributed by atoms with Crippen LogP contribution >= 0.6 is 0 Å². The summed E-state index contributed by atoms with van der Waals surface area (Å²) in [7, 11) is 1.42. The summed E-state index contributed by atoms with van der Waals surface area (Å²) < 4.78 is 5.50. The van der Waals surface area contributed by atoms with Gasteiger partial charge < -0.3 is 42.0 Å². The molecule has 4 amide bonds. The highest BCUT2D eigenvalue weighted by Gasteiger charge is 2.39. The van der Waals surface area contributed by atoms with Crippen molar-refractivity contribution in [2.24, 2.45) is 17.4 Å². The summed E-state index contributed by atoms with van der Waals surface area (Å²) >= 11 is 0. The van der Waals surface area contributed by atoms with Crippen LogP contribution in [0.25, 0.3) is 0 Å². The number of carbonyl (C=O) groups excluding carboxylic acids is 4. The highest BCUT2D eigenvalue weighted by Crippen LogP contribution is 2.24. The molecule has 1 aliphatic heterocycles. The number of hydrogen-bond donors (Lipinski definition) is 6. The molecule has 14 nitrogen and oxygen atoms in total. The Kier molecular flexibility index (Phi) is 13.7. The van der Waals surface area contributed by atoms with Crippen LogP contribution < -0.4 is 22.1 Å². The number of piperidine rings is 1. The van der Waals surface area contributed by atoms with Crippen molar-refractivity contribution >= 4 is 35.6 Å². The molecule has 0 unspecified atom stereocenters. The number of amides is 4. The summed E-state index contributed by atoms with van der Waals surface area (Å²) in [5.41, 5.74) is 11.0. The number of carboxylic acid groups (broad SMARTS) is 2. The molecule has 38 heavy (non-hydrogen) atoms. The molecule has 216 valence electrons. The minimum absolute atomic E-state index is 0.119. The van der Waals surface area contributed by atoms with E-state index in [0.717, 1.165) is 0 Å². The fourth-order valence-corrected chi connectivity index (χ4v) is 4.42. The van der Waals surface area contributed by atoms with Gasteiger partial charge in [0.25, 0.3) is 0 Å². The molecule has 0 spiro atoms. The number of hydrogen-bond acceptors (Lipinski definition) is 8. The number of ether oxygens (including phenoxy) is 1. The molecule has 0 aromatic rings. The van der Waals surface area contributed by atoms with Gasteiger partial charge in [-0.25, -0.2) is 4.79 Å². The molecule has 1 fully saturated rings. The van der Waals surface area contributed by atoms with Crippen molar-refractivity contribution in [2.45, 2.75) is 95.5 Å². The van der Waals surface area contributed by atoms with Gasteiger partial charge >= 0.3 is 11.9 Å². The Morgan fingerprint density at radius 2 is 1.66 bits per heavy atom. The van der Waals surface area contributed by atoms with Crippen LogP contribution in [0.5, 0.6) is 0 Å². The van der Waals surface area contributed by atoms with Gasteiger partial charge in [0.15, 0.2) is 0 Å². The predicted molar refractivity (Wildman–Crippen MR) is 134 cm³/mol. The number of carbonyl (C=O) groups is 6. The number of nitrogens with two attached hydrogens (primary N) is 2. The molecule has 5 atom stereocenters. The van der Waals surface area contributed by atoms with E-state index in [-0.39, 0.29) is 44.6 Å². The molecule has 0 aliphatic carbocycles. The van der Waals surface area contributed by atoms with E-state index in [0.29, 0.717) is 19.3 Å². The fraction of sp³-hybridized carbons (Fsp3) is 0.750. The third-order valence-electron chi connectivity index (χ3n) is 6.33. The summed E-state index contributed by atoms with van der Waals surface area (Å²) in [6, 6.07) is -4.24. The molecule has 1 heterocycles. The van der Waals surface area contributed by atoms with Crippen molar-refractivity contribution in [3.63, 3.8) is 0 Å². The van der Waals surface area contributed by atoms with E-state index in [2.05, 4.69) is 10.6 Å². The molecular formula is C24H41N5O9. The normalized spacial score (nSPS) is 19.8. The lowest BCUT2D eigenvalue weighted by atomic mass is 9.93. The molecule has 1 aliphatic rings. The van der Waals surface area contributed by atoms with Crippen molar-refractivity contribution in [1.29, 1.82) is 0 Å². The van der Waals surface area contributed by atoms with Crippen LogP contribution in [-0.2, 0) is 33.5 Å². The molecule has 0 bridgehead atoms. The average Bonchev–Trinajstić information content (AvgIpc) is 2.82. The van der Waals surface area contributed by atoms with Crippen LogP contribution in [0.2, 0.25) is 0 Å². The van der Waals surface area contributed by atoms with E-state index in [4.69, 9.17) is 21.3 Å². The van der Waals surface area contributed by atoms with E-state index < -0.39 is 65.8 Å². The van der Waals surface area contributed by atoms with Gasteiger partial charge in [-0.15, -0.1) is 0 Å². The maximum absolute atomic E-state index is 13.6. The van der Waals surface area contributed by atoms with Crippen LogP contribution in [0.1, 0.15) is 65.2 Å². The summed E-state index contributed by atoms with van der Waals surface area (Å²) in [5, 5.41) is 23.5. The van der Waals surface area contributed by atoms with Crippen molar-refractivity contribution in [2.75, 3.05) is 13.7 Å². The molecule has 0 saturated carbocycles. The van der Waals surface area contributed by atoms with Gasteiger partial charge in [-0.3, -0.25) is 24.0 Å². The number of nitrogens with one attached hydrogen (secondary N) is 2. The van der Waals surface area contributed by atoms with Gasteiger partial charge in [0, 0.05) is 32.9 Å². The summed E-state index contributed by atoms with van der Waals surface area (Å²) in [4.78, 5) is 74.2. The van der Waals surface area contributed by atoms with Crippen molar-refractivity contribution in [3.05, 3.63) is 0 Å². The fourth-order valence-electron chi connectivity index (χ4n) is 4.42. The molecule has 0 radical (unpaired) electrons. The van der Waals surface area contributed by atoms with Gasteiger partial charge in [0.1, 0.15) is 12.1 Å². The number of primary amides is 1. The molecule has 0 aromatic carbocycles. The topological polar surface area (TPSA) is 231 Å². The largest absolute Gasteiger partial charge is 0.481 e. The Labute approximate surface area is 221 Å². The molecule has 14 heteroatoms. The first-order valence-corrected chi connectivity index (χ1v) is 12.7. The maximum Gasteiger partial charge on any atom is 0.326 e. The standard InChI is InChI=1S/C24H41N5O9/c1-13(2)11-14(25)22(34)28-15(7-9-21(32)33)23(35)29-10-4-5-18(38-3)17(29)12-20(31)27-16(24(36)37)6-8-19(26)30/h13-18H,4-12,25H2,1-3H3,(H2,26,30)(H,27,31)(H,28,34)(H,32,33)(H,36,37)/t14-,15-,16-,17-,18-/m0/s1. The number of methoxy groups -OCH3 is 1. The second-order valence-electron chi connectivity index (χ2n) is 9.91. The van der Waals surface area contributed by atoms with E-state index >= 15 is 0 Å². The number of likely N-dealkylation sites (tertiary alicyclic amines) is 1. The summed E-state index contributed by atoms with van der Waals surface area (Å²) in [6.07, 6.45) is -0.460. The zero-order valence-corrected chi connectivity index (χ0v) is 22.2. The van der Waals surface area contributed by atoms with E-state index in [1.165, 1.54) is 12.0 Å². The Balaban J connectivity index is 3.11. The van der Waals surface area contributed by atoms with Gasteiger partial charge in [0.2, 0.25) is 23.6 Å². The van der Waals surface area contributed by atoms with Gasteiger partial charge in [-0.05, 0) is 38.0 Å². The molecule has 0 aromatic heterocycles. The van der Waals surface area contributed by atoms with Crippen LogP contribution in [0.3, 0.4) is 0 Å². The molecular weight excluding hydrogens is 502 g/mol. The highest BCUT2D eigenvalue weighted by molar-refractivity contribution is 5.91. The number of rotatable bonds is 16. The van der Waals surface area contributed by atoms with Crippen LogP contribution in [0.15, 0.2) is 0 Å². The van der Waals surface area contributed by atoms with E-state index in [1.807, 2.05) is 13.8 Å². The Bertz CT molecular complexity index is 866. The summed E-state index contributed by atoms with van der Waals surface area (Å²) in [6.45, 7) is 3.99. The van der Waals surface area contributed by atoms with Gasteiger partial charge in [-0.1, -0.05) is 13.8 Å². The van der Waals surface area contributed by atoms with Crippen LogP contribution in [0.4, 0.5) is 0 Å². The Morgan fingerprint density at radius 1 is 1.03 bits per heavy atom. The lowest BCUT2D eigenvalue weighted by Crippen LogP contribution is -2.59. The van der Waals surface area contributed by atoms with Crippen molar-refractivity contribution in [1.82, 2.24) is 15.5 Å². The first-order valence-electron chi connectivity index (χ1n) is 12.7. The zero-order chi connectivity index (χ0) is 29.0. The SMILES string of the molecule is CO[C@H]1CCCN(C(=O)[C@H](CCC(=O)O)NC(=O)[C@@H](N)CC(C)C)[C@H]1CC(=O)N[C@@H](CCC(N)=O)C(=O)O. The Morgan fingerprint density at radius 3 is 2.18 bits per heavy atom. The van der Waals surface area contributed by atoms with Crippen molar-refractivity contribution < 1.29 is 43.7 Å². The van der Waals surface area contributed by atoms with Crippen LogP contribution in [-0.4, -0.2) is 94.6 Å². The van der Waals surface area contributed by atoms with E-state index in [1.54, 1.807) is 0 Å². The highest BCUT2D eigenvalue weighted by atomic mass is 16.5. The Hall–Kier alpha value is -3.26. The predicted octanol–water partition coefficient (Wildman–Crippen LogP) is -1.06.